The third kappa shape index (κ3) is 2.46. The van der Waals surface area contributed by atoms with Crippen LogP contribution in [0.15, 0.2) is 58.2 Å². The van der Waals surface area contributed by atoms with Crippen LogP contribution in [0.4, 0.5) is 5.82 Å². The van der Waals surface area contributed by atoms with Crippen LogP contribution in [-0.2, 0) is 6.54 Å². The van der Waals surface area contributed by atoms with E-state index in [1.807, 2.05) is 30.3 Å². The Labute approximate surface area is 131 Å². The summed E-state index contributed by atoms with van der Waals surface area (Å²) in [6.45, 7) is 1.24. The molecule has 23 heavy (non-hydrogen) atoms. The molecule has 0 aliphatic carbocycles. The zero-order valence-corrected chi connectivity index (χ0v) is 12.3. The van der Waals surface area contributed by atoms with Crippen molar-refractivity contribution in [2.45, 2.75) is 13.0 Å². The van der Waals surface area contributed by atoms with Gasteiger partial charge in [-0.1, -0.05) is 6.07 Å². The van der Waals surface area contributed by atoms with Gasteiger partial charge in [0.1, 0.15) is 11.4 Å². The lowest BCUT2D eigenvalue weighted by Crippen LogP contribution is -2.22. The summed E-state index contributed by atoms with van der Waals surface area (Å²) in [6.07, 6.45) is 5.84. The Balaban J connectivity index is 1.43. The van der Waals surface area contributed by atoms with Crippen LogP contribution in [-0.4, -0.2) is 25.7 Å². The van der Waals surface area contributed by atoms with E-state index in [9.17, 15) is 4.79 Å². The summed E-state index contributed by atoms with van der Waals surface area (Å²) in [7, 11) is 0. The summed E-state index contributed by atoms with van der Waals surface area (Å²) >= 11 is 0. The van der Waals surface area contributed by atoms with Crippen LogP contribution in [0.3, 0.4) is 0 Å². The molecule has 0 radical (unpaired) electrons. The second-order valence-corrected chi connectivity index (χ2v) is 5.21. The minimum absolute atomic E-state index is 0.115. The van der Waals surface area contributed by atoms with Crippen molar-refractivity contribution in [3.8, 4) is 0 Å². The Hall–Kier alpha value is -3.09. The van der Waals surface area contributed by atoms with Gasteiger partial charge in [0.15, 0.2) is 5.65 Å². The Kier molecular flexibility index (Phi) is 3.30. The summed E-state index contributed by atoms with van der Waals surface area (Å²) in [5.41, 5.74) is 1.35. The van der Waals surface area contributed by atoms with E-state index in [2.05, 4.69) is 15.4 Å². The number of nitrogens with zero attached hydrogens (tertiary/aromatic N) is 4. The van der Waals surface area contributed by atoms with Crippen molar-refractivity contribution < 1.29 is 4.42 Å². The molecule has 0 atom stereocenters. The van der Waals surface area contributed by atoms with Gasteiger partial charge < -0.3 is 9.73 Å². The molecule has 0 aromatic carbocycles. The number of pyridine rings is 2. The van der Waals surface area contributed by atoms with Crippen LogP contribution in [0.25, 0.3) is 16.6 Å². The maximum Gasteiger partial charge on any atom is 0.350 e. The van der Waals surface area contributed by atoms with Crippen LogP contribution in [0.2, 0.25) is 0 Å². The second kappa shape index (κ2) is 5.60. The summed E-state index contributed by atoms with van der Waals surface area (Å²) < 4.78 is 8.38. The van der Waals surface area contributed by atoms with Crippen LogP contribution in [0.1, 0.15) is 6.42 Å². The van der Waals surface area contributed by atoms with Crippen molar-refractivity contribution >= 4 is 22.4 Å². The van der Waals surface area contributed by atoms with Gasteiger partial charge in [0.05, 0.1) is 11.6 Å². The minimum Gasteiger partial charge on any atom is -0.464 e. The number of aromatic nitrogens is 4. The fourth-order valence-electron chi connectivity index (χ4n) is 2.58. The van der Waals surface area contributed by atoms with Gasteiger partial charge in [0, 0.05) is 25.5 Å². The van der Waals surface area contributed by atoms with Crippen molar-refractivity contribution in [3.63, 3.8) is 0 Å². The molecule has 0 amide bonds. The SMILES string of the molecule is O=c1n(CCCNc2nccc3occc23)nc2ccccn12. The zero-order chi connectivity index (χ0) is 15.6. The predicted molar refractivity (Wildman–Crippen MR) is 86.6 cm³/mol. The van der Waals surface area contributed by atoms with Gasteiger partial charge in [0.2, 0.25) is 0 Å². The van der Waals surface area contributed by atoms with Gasteiger partial charge in [-0.25, -0.2) is 14.5 Å². The highest BCUT2D eigenvalue weighted by Gasteiger charge is 2.06. The molecule has 4 aromatic rings. The number of aryl methyl sites for hydroxylation is 1. The lowest BCUT2D eigenvalue weighted by molar-refractivity contribution is 0.572. The van der Waals surface area contributed by atoms with Gasteiger partial charge >= 0.3 is 5.69 Å². The van der Waals surface area contributed by atoms with E-state index in [1.165, 1.54) is 4.68 Å². The largest absolute Gasteiger partial charge is 0.464 e. The van der Waals surface area contributed by atoms with E-state index in [0.717, 1.165) is 23.2 Å². The van der Waals surface area contributed by atoms with E-state index in [-0.39, 0.29) is 5.69 Å². The van der Waals surface area contributed by atoms with Crippen LogP contribution >= 0.6 is 0 Å². The number of furan rings is 1. The van der Waals surface area contributed by atoms with Gasteiger partial charge in [0.25, 0.3) is 0 Å². The standard InChI is InChI=1S/C16H15N5O2/c22-16-20-9-2-1-4-14(20)19-21(16)10-3-7-17-15-12-6-11-23-13(12)5-8-18-15/h1-2,4-6,8-9,11H,3,7,10H2,(H,17,18). The first-order chi connectivity index (χ1) is 11.3. The molecule has 7 nitrogen and oxygen atoms in total. The van der Waals surface area contributed by atoms with E-state index in [4.69, 9.17) is 4.42 Å². The Morgan fingerprint density at radius 2 is 2.17 bits per heavy atom. The predicted octanol–water partition coefficient (Wildman–Crippen LogP) is 2.14. The van der Waals surface area contributed by atoms with Crippen LogP contribution in [0.5, 0.6) is 0 Å². The van der Waals surface area contributed by atoms with E-state index in [0.29, 0.717) is 18.7 Å². The smallest absolute Gasteiger partial charge is 0.350 e. The van der Waals surface area contributed by atoms with Crippen LogP contribution < -0.4 is 11.0 Å². The Morgan fingerprint density at radius 3 is 3.09 bits per heavy atom. The van der Waals surface area contributed by atoms with Crippen molar-refractivity contribution in [3.05, 3.63) is 59.5 Å². The minimum atomic E-state index is -0.115. The highest BCUT2D eigenvalue weighted by atomic mass is 16.3. The average Bonchev–Trinajstić information content (AvgIpc) is 3.17. The van der Waals surface area contributed by atoms with E-state index in [1.54, 1.807) is 23.1 Å². The molecular formula is C16H15N5O2. The fraction of sp³-hybridized carbons (Fsp3) is 0.188. The molecule has 4 aromatic heterocycles. The number of nitrogens with one attached hydrogen (secondary N) is 1. The van der Waals surface area contributed by atoms with Crippen molar-refractivity contribution in [2.24, 2.45) is 0 Å². The topological polar surface area (TPSA) is 77.4 Å². The number of hydrogen-bond acceptors (Lipinski definition) is 5. The maximum absolute atomic E-state index is 12.2. The van der Waals surface area contributed by atoms with E-state index >= 15 is 0 Å². The summed E-state index contributed by atoms with van der Waals surface area (Å²) in [5.74, 6) is 0.790. The number of fused-ring (bicyclic) bond motifs is 2. The van der Waals surface area contributed by atoms with E-state index < -0.39 is 0 Å². The van der Waals surface area contributed by atoms with Crippen LogP contribution in [0, 0.1) is 0 Å². The number of hydrogen-bond donors (Lipinski definition) is 1. The van der Waals surface area contributed by atoms with Crippen molar-refractivity contribution in [2.75, 3.05) is 11.9 Å². The summed E-state index contributed by atoms with van der Waals surface area (Å²) in [5, 5.41) is 8.54. The number of rotatable bonds is 5. The lowest BCUT2D eigenvalue weighted by Gasteiger charge is -2.05. The quantitative estimate of drug-likeness (QED) is 0.572. The van der Waals surface area contributed by atoms with Gasteiger partial charge in [-0.15, -0.1) is 5.10 Å². The zero-order valence-electron chi connectivity index (χ0n) is 12.3. The Bertz CT molecular complexity index is 1010. The summed E-state index contributed by atoms with van der Waals surface area (Å²) in [4.78, 5) is 16.5. The molecule has 0 fully saturated rings. The molecule has 0 saturated heterocycles. The molecule has 0 aliphatic heterocycles. The molecule has 0 saturated carbocycles. The monoisotopic (exact) mass is 309 g/mol. The fourth-order valence-corrected chi connectivity index (χ4v) is 2.58. The number of anilines is 1. The molecular weight excluding hydrogens is 294 g/mol. The normalized spacial score (nSPS) is 11.3. The van der Waals surface area contributed by atoms with Gasteiger partial charge in [-0.2, -0.15) is 0 Å². The van der Waals surface area contributed by atoms with Gasteiger partial charge in [-0.3, -0.25) is 4.40 Å². The maximum atomic E-state index is 12.2. The third-order valence-corrected chi connectivity index (χ3v) is 3.71. The average molecular weight is 309 g/mol. The third-order valence-electron chi connectivity index (χ3n) is 3.71. The first kappa shape index (κ1) is 13.6. The van der Waals surface area contributed by atoms with Gasteiger partial charge in [-0.05, 0) is 30.7 Å². The molecule has 7 heteroatoms. The highest BCUT2D eigenvalue weighted by molar-refractivity contribution is 5.87. The first-order valence-corrected chi connectivity index (χ1v) is 7.43. The Morgan fingerprint density at radius 1 is 1.22 bits per heavy atom. The highest BCUT2D eigenvalue weighted by Crippen LogP contribution is 2.21. The molecule has 0 bridgehead atoms. The summed E-state index contributed by atoms with van der Waals surface area (Å²) in [6, 6.07) is 9.22. The molecule has 4 heterocycles. The van der Waals surface area contributed by atoms with Crippen molar-refractivity contribution in [1.82, 2.24) is 19.2 Å². The molecule has 116 valence electrons. The molecule has 0 unspecified atom stereocenters. The first-order valence-electron chi connectivity index (χ1n) is 7.43. The molecule has 0 spiro atoms. The lowest BCUT2D eigenvalue weighted by atomic mass is 10.3. The molecule has 0 aliphatic rings. The second-order valence-electron chi connectivity index (χ2n) is 5.21. The van der Waals surface area contributed by atoms with Crippen molar-refractivity contribution in [1.29, 1.82) is 0 Å². The molecule has 4 rings (SSSR count). The molecule has 1 N–H and O–H groups in total.